The van der Waals surface area contributed by atoms with E-state index in [0.29, 0.717) is 13.0 Å². The van der Waals surface area contributed by atoms with Crippen molar-refractivity contribution < 1.29 is 4.79 Å². The Balaban J connectivity index is 0.00000288. The van der Waals surface area contributed by atoms with Crippen molar-refractivity contribution in [3.8, 4) is 11.3 Å². The monoisotopic (exact) mass is 367 g/mol. The van der Waals surface area contributed by atoms with Gasteiger partial charge in [-0.25, -0.2) is 4.98 Å². The number of carbonyl (C=O) groups excluding carboxylic acids is 1. The molecular weight excluding hydrogens is 342 g/mol. The van der Waals surface area contributed by atoms with Crippen LogP contribution in [0.5, 0.6) is 0 Å². The number of hydrogen-bond acceptors (Lipinski definition) is 4. The lowest BCUT2D eigenvalue weighted by atomic mass is 9.96. The molecule has 0 saturated heterocycles. The van der Waals surface area contributed by atoms with Crippen LogP contribution in [-0.2, 0) is 11.2 Å². The fourth-order valence-corrected chi connectivity index (χ4v) is 3.49. The van der Waals surface area contributed by atoms with Gasteiger partial charge in [0.05, 0.1) is 16.2 Å². The molecule has 2 rings (SSSR count). The second-order valence-electron chi connectivity index (χ2n) is 6.05. The molecule has 24 heavy (non-hydrogen) atoms. The van der Waals surface area contributed by atoms with Gasteiger partial charge in [0.1, 0.15) is 0 Å². The Morgan fingerprint density at radius 2 is 2.00 bits per heavy atom. The summed E-state index contributed by atoms with van der Waals surface area (Å²) in [5.74, 6) is -0.0871. The Bertz CT molecular complexity index is 656. The third-order valence-electron chi connectivity index (χ3n) is 3.80. The maximum Gasteiger partial charge on any atom is 0.239 e. The van der Waals surface area contributed by atoms with Crippen LogP contribution in [0.4, 0.5) is 0 Å². The van der Waals surface area contributed by atoms with Gasteiger partial charge < -0.3 is 11.1 Å². The SMILES string of the molecule is CCCC(C)(N)C(=O)NCCc1nc(-c2ccccc2)c(C)s1.Cl. The number of aryl methyl sites for hydroxylation is 1. The minimum atomic E-state index is -0.789. The number of halogens is 1. The Morgan fingerprint density at radius 3 is 2.62 bits per heavy atom. The maximum absolute atomic E-state index is 12.1. The molecule has 1 unspecified atom stereocenters. The van der Waals surface area contributed by atoms with Crippen LogP contribution >= 0.6 is 23.7 Å². The van der Waals surface area contributed by atoms with Crippen molar-refractivity contribution in [1.82, 2.24) is 10.3 Å². The number of benzene rings is 1. The average Bonchev–Trinajstić information content (AvgIpc) is 2.89. The summed E-state index contributed by atoms with van der Waals surface area (Å²) < 4.78 is 0. The number of carbonyl (C=O) groups is 1. The zero-order chi connectivity index (χ0) is 16.9. The molecule has 1 aromatic carbocycles. The highest BCUT2D eigenvalue weighted by Gasteiger charge is 2.26. The van der Waals surface area contributed by atoms with Crippen molar-refractivity contribution in [2.75, 3.05) is 6.54 Å². The highest BCUT2D eigenvalue weighted by Crippen LogP contribution is 2.27. The zero-order valence-electron chi connectivity index (χ0n) is 14.5. The fourth-order valence-electron chi connectivity index (χ4n) is 2.54. The van der Waals surface area contributed by atoms with E-state index in [0.717, 1.165) is 29.1 Å². The van der Waals surface area contributed by atoms with E-state index in [1.54, 1.807) is 18.3 Å². The molecule has 1 atom stereocenters. The summed E-state index contributed by atoms with van der Waals surface area (Å²) >= 11 is 1.68. The van der Waals surface area contributed by atoms with Crippen molar-refractivity contribution in [3.63, 3.8) is 0 Å². The summed E-state index contributed by atoms with van der Waals surface area (Å²) in [6.45, 7) is 6.46. The molecular formula is C18H26ClN3OS. The van der Waals surface area contributed by atoms with Crippen molar-refractivity contribution in [3.05, 3.63) is 40.2 Å². The van der Waals surface area contributed by atoms with E-state index < -0.39 is 5.54 Å². The lowest BCUT2D eigenvalue weighted by molar-refractivity contribution is -0.126. The van der Waals surface area contributed by atoms with E-state index in [4.69, 9.17) is 10.7 Å². The molecule has 0 radical (unpaired) electrons. The van der Waals surface area contributed by atoms with E-state index in [1.165, 1.54) is 4.88 Å². The van der Waals surface area contributed by atoms with Crippen LogP contribution in [0.3, 0.4) is 0 Å². The topological polar surface area (TPSA) is 68.0 Å². The first-order chi connectivity index (χ1) is 10.9. The smallest absolute Gasteiger partial charge is 0.239 e. The van der Waals surface area contributed by atoms with Gasteiger partial charge in [-0.15, -0.1) is 23.7 Å². The first kappa shape index (κ1) is 20.6. The largest absolute Gasteiger partial charge is 0.354 e. The molecule has 1 amide bonds. The molecule has 4 nitrogen and oxygen atoms in total. The molecule has 0 saturated carbocycles. The third kappa shape index (κ3) is 5.30. The second-order valence-corrected chi connectivity index (χ2v) is 7.34. The van der Waals surface area contributed by atoms with Gasteiger partial charge in [-0.2, -0.15) is 0 Å². The normalized spacial score (nSPS) is 13.0. The van der Waals surface area contributed by atoms with Crippen molar-refractivity contribution >= 4 is 29.7 Å². The van der Waals surface area contributed by atoms with E-state index in [1.807, 2.05) is 25.1 Å². The fraction of sp³-hybridized carbons (Fsp3) is 0.444. The summed E-state index contributed by atoms with van der Waals surface area (Å²) in [6.07, 6.45) is 2.31. The standard InChI is InChI=1S/C18H25N3OS.ClH/c1-4-11-18(3,19)17(22)20-12-10-15-21-16(13(2)23-15)14-8-6-5-7-9-14;/h5-9H,4,10-12,19H2,1-3H3,(H,20,22);1H. The molecule has 2 aromatic rings. The second kappa shape index (κ2) is 9.16. The Hall–Kier alpha value is -1.43. The van der Waals surface area contributed by atoms with Crippen LogP contribution in [0.15, 0.2) is 30.3 Å². The predicted octanol–water partition coefficient (Wildman–Crippen LogP) is 3.72. The third-order valence-corrected chi connectivity index (χ3v) is 4.83. The number of rotatable bonds is 7. The number of nitrogens with zero attached hydrogens (tertiary/aromatic N) is 1. The minimum absolute atomic E-state index is 0. The minimum Gasteiger partial charge on any atom is -0.354 e. The molecule has 6 heteroatoms. The number of thiazole rings is 1. The van der Waals surface area contributed by atoms with Crippen LogP contribution in [0, 0.1) is 6.92 Å². The number of nitrogens with one attached hydrogen (secondary N) is 1. The molecule has 1 aromatic heterocycles. The van der Waals surface area contributed by atoms with Gasteiger partial charge in [0.25, 0.3) is 0 Å². The lowest BCUT2D eigenvalue weighted by Gasteiger charge is -2.22. The van der Waals surface area contributed by atoms with Crippen molar-refractivity contribution in [1.29, 1.82) is 0 Å². The molecule has 0 fully saturated rings. The quantitative estimate of drug-likeness (QED) is 0.783. The summed E-state index contributed by atoms with van der Waals surface area (Å²) in [4.78, 5) is 18.0. The summed E-state index contributed by atoms with van der Waals surface area (Å²) in [6, 6.07) is 10.2. The molecule has 0 bridgehead atoms. The summed E-state index contributed by atoms with van der Waals surface area (Å²) in [5, 5.41) is 3.97. The van der Waals surface area contributed by atoms with E-state index in [9.17, 15) is 4.79 Å². The van der Waals surface area contributed by atoms with Crippen molar-refractivity contribution in [2.45, 2.75) is 45.6 Å². The average molecular weight is 368 g/mol. The van der Waals surface area contributed by atoms with Crippen LogP contribution in [0.25, 0.3) is 11.3 Å². The number of amides is 1. The molecule has 0 aliphatic carbocycles. The summed E-state index contributed by atoms with van der Waals surface area (Å²) in [5.41, 5.74) is 7.41. The van der Waals surface area contributed by atoms with Crippen LogP contribution in [0.2, 0.25) is 0 Å². The van der Waals surface area contributed by atoms with E-state index >= 15 is 0 Å². The molecule has 0 aliphatic rings. The molecule has 1 heterocycles. The van der Waals surface area contributed by atoms with Gasteiger partial charge in [0.2, 0.25) is 5.91 Å². The first-order valence-electron chi connectivity index (χ1n) is 8.03. The first-order valence-corrected chi connectivity index (χ1v) is 8.84. The Labute approximate surface area is 154 Å². The predicted molar refractivity (Wildman–Crippen MR) is 104 cm³/mol. The van der Waals surface area contributed by atoms with E-state index in [-0.39, 0.29) is 18.3 Å². The van der Waals surface area contributed by atoms with Gasteiger partial charge in [0, 0.05) is 23.4 Å². The molecule has 3 N–H and O–H groups in total. The van der Waals surface area contributed by atoms with Gasteiger partial charge in [-0.05, 0) is 20.3 Å². The summed E-state index contributed by atoms with van der Waals surface area (Å²) in [7, 11) is 0. The Kier molecular flexibility index (Phi) is 7.87. The Morgan fingerprint density at radius 1 is 1.33 bits per heavy atom. The van der Waals surface area contributed by atoms with Crippen LogP contribution in [-0.4, -0.2) is 23.0 Å². The maximum atomic E-state index is 12.1. The highest BCUT2D eigenvalue weighted by atomic mass is 35.5. The lowest BCUT2D eigenvalue weighted by Crippen LogP contribution is -2.51. The zero-order valence-corrected chi connectivity index (χ0v) is 16.1. The molecule has 132 valence electrons. The van der Waals surface area contributed by atoms with Gasteiger partial charge >= 0.3 is 0 Å². The molecule has 0 spiro atoms. The van der Waals surface area contributed by atoms with Crippen LogP contribution in [0.1, 0.15) is 36.6 Å². The van der Waals surface area contributed by atoms with Gasteiger partial charge in [-0.3, -0.25) is 4.79 Å². The highest BCUT2D eigenvalue weighted by molar-refractivity contribution is 7.12. The van der Waals surface area contributed by atoms with Gasteiger partial charge in [-0.1, -0.05) is 43.7 Å². The number of hydrogen-bond donors (Lipinski definition) is 2. The van der Waals surface area contributed by atoms with E-state index in [2.05, 4.69) is 24.4 Å². The number of aromatic nitrogens is 1. The van der Waals surface area contributed by atoms with Gasteiger partial charge in [0.15, 0.2) is 0 Å². The molecule has 0 aliphatic heterocycles. The van der Waals surface area contributed by atoms with Crippen molar-refractivity contribution in [2.24, 2.45) is 5.73 Å². The number of nitrogens with two attached hydrogens (primary N) is 1. The van der Waals surface area contributed by atoms with Crippen LogP contribution < -0.4 is 11.1 Å².